The number of hydrogen-bond donors (Lipinski definition) is 2. The second kappa shape index (κ2) is 8.20. The molecule has 2 amide bonds. The topological polar surface area (TPSA) is 107 Å². The zero-order valence-corrected chi connectivity index (χ0v) is 16.3. The number of nitrogens with two attached hydrogens (primary N) is 1. The van der Waals surface area contributed by atoms with Crippen molar-refractivity contribution < 1.29 is 23.5 Å². The normalized spacial score (nSPS) is 15.3. The second-order valence-corrected chi connectivity index (χ2v) is 6.77. The van der Waals surface area contributed by atoms with Crippen molar-refractivity contribution in [2.24, 2.45) is 5.73 Å². The lowest BCUT2D eigenvalue weighted by Gasteiger charge is -2.37. The zero-order valence-electron chi connectivity index (χ0n) is 16.3. The van der Waals surface area contributed by atoms with Crippen molar-refractivity contribution >= 4 is 17.5 Å². The molecule has 30 heavy (non-hydrogen) atoms. The number of fused-ring (bicyclic) bond motifs is 1. The number of methoxy groups -OCH3 is 1. The molecule has 8 nitrogen and oxygen atoms in total. The van der Waals surface area contributed by atoms with E-state index >= 15 is 0 Å². The van der Waals surface area contributed by atoms with Crippen LogP contribution in [0.4, 0.5) is 5.69 Å². The molecule has 0 fully saturated rings. The highest BCUT2D eigenvalue weighted by atomic mass is 16.5. The van der Waals surface area contributed by atoms with Crippen molar-refractivity contribution in [1.82, 2.24) is 4.90 Å². The summed E-state index contributed by atoms with van der Waals surface area (Å²) < 4.78 is 16.3. The molecule has 2 aromatic carbocycles. The molecule has 0 spiro atoms. The number of primary amides is 1. The molecule has 1 atom stereocenters. The van der Waals surface area contributed by atoms with Gasteiger partial charge in [0, 0.05) is 5.69 Å². The summed E-state index contributed by atoms with van der Waals surface area (Å²) in [7, 11) is 1.51. The summed E-state index contributed by atoms with van der Waals surface area (Å²) in [6.07, 6.45) is 1.12. The molecular formula is C22H21N3O5. The highest BCUT2D eigenvalue weighted by Crippen LogP contribution is 2.37. The van der Waals surface area contributed by atoms with Gasteiger partial charge in [0.25, 0.3) is 11.8 Å². The summed E-state index contributed by atoms with van der Waals surface area (Å²) in [6.45, 7) is 0.0357. The first-order valence-corrected chi connectivity index (χ1v) is 9.35. The highest BCUT2D eigenvalue weighted by molar-refractivity contribution is 6.01. The number of nitrogens with zero attached hydrogens (tertiary/aromatic N) is 1. The number of amides is 2. The monoisotopic (exact) mass is 407 g/mol. The van der Waals surface area contributed by atoms with Crippen molar-refractivity contribution in [2.45, 2.75) is 12.7 Å². The maximum atomic E-state index is 13.3. The molecule has 0 bridgehead atoms. The highest BCUT2D eigenvalue weighted by Gasteiger charge is 2.33. The van der Waals surface area contributed by atoms with Crippen LogP contribution in [0.2, 0.25) is 0 Å². The van der Waals surface area contributed by atoms with Crippen molar-refractivity contribution in [3.05, 3.63) is 77.7 Å². The molecule has 3 N–H and O–H groups in total. The largest absolute Gasteiger partial charge is 0.493 e. The minimum absolute atomic E-state index is 0.112. The summed E-state index contributed by atoms with van der Waals surface area (Å²) in [5.41, 5.74) is 7.28. The van der Waals surface area contributed by atoms with Gasteiger partial charge in [-0.1, -0.05) is 18.2 Å². The molecule has 3 aromatic rings. The summed E-state index contributed by atoms with van der Waals surface area (Å²) >= 11 is 0. The predicted molar refractivity (Wildman–Crippen MR) is 109 cm³/mol. The number of hydrogen-bond acceptors (Lipinski definition) is 6. The van der Waals surface area contributed by atoms with Crippen molar-refractivity contribution in [2.75, 3.05) is 19.0 Å². The molecule has 1 aromatic heterocycles. The maximum Gasteiger partial charge on any atom is 0.258 e. The number of carbonyl (C=O) groups is 2. The van der Waals surface area contributed by atoms with Crippen LogP contribution in [0.1, 0.15) is 27.8 Å². The van der Waals surface area contributed by atoms with Gasteiger partial charge in [0.1, 0.15) is 11.9 Å². The van der Waals surface area contributed by atoms with E-state index in [9.17, 15) is 9.59 Å². The molecule has 0 aliphatic carbocycles. The van der Waals surface area contributed by atoms with Gasteiger partial charge in [-0.15, -0.1) is 0 Å². The third-order valence-corrected chi connectivity index (χ3v) is 4.80. The van der Waals surface area contributed by atoms with Crippen LogP contribution in [0.15, 0.2) is 65.3 Å². The van der Waals surface area contributed by atoms with Gasteiger partial charge in [-0.25, -0.2) is 0 Å². The third-order valence-electron chi connectivity index (χ3n) is 4.80. The van der Waals surface area contributed by atoms with Gasteiger partial charge in [0.15, 0.2) is 18.1 Å². The Hall–Kier alpha value is -3.94. The Morgan fingerprint density at radius 2 is 2.00 bits per heavy atom. The fourth-order valence-corrected chi connectivity index (χ4v) is 3.41. The molecule has 2 heterocycles. The average Bonchev–Trinajstić information content (AvgIpc) is 3.27. The summed E-state index contributed by atoms with van der Waals surface area (Å²) in [5, 5.41) is 3.42. The second-order valence-electron chi connectivity index (χ2n) is 6.77. The van der Waals surface area contributed by atoms with E-state index in [0.717, 1.165) is 11.3 Å². The van der Waals surface area contributed by atoms with Crippen LogP contribution in [0, 0.1) is 0 Å². The summed E-state index contributed by atoms with van der Waals surface area (Å²) in [5.74, 6) is 0.795. The van der Waals surface area contributed by atoms with E-state index in [0.29, 0.717) is 29.4 Å². The first-order chi connectivity index (χ1) is 14.6. The zero-order chi connectivity index (χ0) is 21.1. The maximum absolute atomic E-state index is 13.3. The molecule has 4 rings (SSSR count). The molecule has 0 radical (unpaired) electrons. The number of furan rings is 1. The Morgan fingerprint density at radius 3 is 2.73 bits per heavy atom. The standard InChI is InChI=1S/C22H21N3O5/c1-28-19-11-14(8-9-18(19)30-13-20(23)26)21-24-17-7-3-2-6-16(17)22(27)25(21)12-15-5-4-10-29-15/h2-11,21,24H,12-13H2,1H3,(H2,23,26)/t21-/m0/s1. The van der Waals surface area contributed by atoms with E-state index in [4.69, 9.17) is 19.6 Å². The number of para-hydroxylation sites is 1. The number of nitrogens with one attached hydrogen (secondary N) is 1. The summed E-state index contributed by atoms with van der Waals surface area (Å²) in [6, 6.07) is 16.2. The number of anilines is 1. The lowest BCUT2D eigenvalue weighted by atomic mass is 10.0. The van der Waals surface area contributed by atoms with Crippen LogP contribution in [0.3, 0.4) is 0 Å². The van der Waals surface area contributed by atoms with Crippen LogP contribution >= 0.6 is 0 Å². The van der Waals surface area contributed by atoms with Crippen molar-refractivity contribution in [3.8, 4) is 11.5 Å². The van der Waals surface area contributed by atoms with Gasteiger partial charge >= 0.3 is 0 Å². The quantitative estimate of drug-likeness (QED) is 0.624. The molecule has 8 heteroatoms. The lowest BCUT2D eigenvalue weighted by Crippen LogP contribution is -2.42. The van der Waals surface area contributed by atoms with Crippen LogP contribution in [-0.4, -0.2) is 30.4 Å². The van der Waals surface area contributed by atoms with Crippen LogP contribution in [0.5, 0.6) is 11.5 Å². The van der Waals surface area contributed by atoms with Gasteiger partial charge in [0.2, 0.25) is 0 Å². The summed E-state index contributed by atoms with van der Waals surface area (Å²) in [4.78, 5) is 26.0. The first kappa shape index (κ1) is 19.4. The molecule has 1 aliphatic heterocycles. The van der Waals surface area contributed by atoms with Gasteiger partial charge in [-0.2, -0.15) is 0 Å². The van der Waals surface area contributed by atoms with E-state index < -0.39 is 12.1 Å². The minimum Gasteiger partial charge on any atom is -0.493 e. The molecule has 0 unspecified atom stereocenters. The minimum atomic E-state index is -0.582. The number of benzene rings is 2. The Morgan fingerprint density at radius 1 is 1.17 bits per heavy atom. The Kier molecular flexibility index (Phi) is 5.30. The van der Waals surface area contributed by atoms with E-state index in [1.54, 1.807) is 35.4 Å². The third kappa shape index (κ3) is 3.80. The van der Waals surface area contributed by atoms with E-state index in [-0.39, 0.29) is 12.5 Å². The molecule has 0 saturated carbocycles. The van der Waals surface area contributed by atoms with Gasteiger partial charge in [0.05, 0.1) is 25.5 Å². The fraction of sp³-hybridized carbons (Fsp3) is 0.182. The van der Waals surface area contributed by atoms with Crippen LogP contribution in [0.25, 0.3) is 0 Å². The van der Waals surface area contributed by atoms with Crippen molar-refractivity contribution in [1.29, 1.82) is 0 Å². The Balaban J connectivity index is 1.71. The van der Waals surface area contributed by atoms with Gasteiger partial charge in [-0.3, -0.25) is 9.59 Å². The van der Waals surface area contributed by atoms with Gasteiger partial charge < -0.3 is 29.8 Å². The van der Waals surface area contributed by atoms with E-state index in [1.807, 2.05) is 30.3 Å². The van der Waals surface area contributed by atoms with Gasteiger partial charge in [-0.05, 0) is 42.0 Å². The van der Waals surface area contributed by atoms with Crippen molar-refractivity contribution in [3.63, 3.8) is 0 Å². The Labute approximate surface area is 173 Å². The fourth-order valence-electron chi connectivity index (χ4n) is 3.41. The predicted octanol–water partition coefficient (Wildman–Crippen LogP) is 2.92. The smallest absolute Gasteiger partial charge is 0.258 e. The molecule has 154 valence electrons. The SMILES string of the molecule is COc1cc([C@H]2Nc3ccccc3C(=O)N2Cc2ccco2)ccc1OCC(N)=O. The molecular weight excluding hydrogens is 386 g/mol. The average molecular weight is 407 g/mol. The van der Waals surface area contributed by atoms with E-state index in [1.165, 1.54) is 7.11 Å². The van der Waals surface area contributed by atoms with Crippen LogP contribution < -0.4 is 20.5 Å². The Bertz CT molecular complexity index is 1060. The lowest BCUT2D eigenvalue weighted by molar-refractivity contribution is -0.119. The number of rotatable bonds is 7. The van der Waals surface area contributed by atoms with E-state index in [2.05, 4.69) is 5.32 Å². The number of carbonyl (C=O) groups excluding carboxylic acids is 2. The number of ether oxygens (including phenoxy) is 2. The van der Waals surface area contributed by atoms with Crippen LogP contribution in [-0.2, 0) is 11.3 Å². The first-order valence-electron chi connectivity index (χ1n) is 9.35. The molecule has 1 aliphatic rings. The molecule has 0 saturated heterocycles.